The highest BCUT2D eigenvalue weighted by Gasteiger charge is 2.19. The molecule has 8 heteroatoms. The van der Waals surface area contributed by atoms with Crippen LogP contribution in [0.3, 0.4) is 0 Å². The van der Waals surface area contributed by atoms with Crippen LogP contribution < -0.4 is 24.3 Å². The van der Waals surface area contributed by atoms with Gasteiger partial charge in [0.05, 0.1) is 32.8 Å². The molecule has 1 amide bonds. The maximum Gasteiger partial charge on any atom is 0.302 e. The van der Waals surface area contributed by atoms with Crippen LogP contribution in [0.1, 0.15) is 51.3 Å². The van der Waals surface area contributed by atoms with Gasteiger partial charge < -0.3 is 29.0 Å². The Morgan fingerprint density at radius 3 is 2.14 bits per heavy atom. The fourth-order valence-corrected chi connectivity index (χ4v) is 3.52. The van der Waals surface area contributed by atoms with E-state index in [0.717, 1.165) is 5.56 Å². The van der Waals surface area contributed by atoms with Crippen molar-refractivity contribution in [2.24, 2.45) is 0 Å². The van der Waals surface area contributed by atoms with E-state index in [-0.39, 0.29) is 31.1 Å². The summed E-state index contributed by atoms with van der Waals surface area (Å²) in [6.07, 6.45) is 0.725. The molecule has 0 unspecified atom stereocenters. The van der Waals surface area contributed by atoms with Crippen LogP contribution >= 0.6 is 0 Å². The van der Waals surface area contributed by atoms with Crippen LogP contribution in [0, 0.1) is 0 Å². The number of methoxy groups -OCH3 is 2. The molecule has 2 rings (SSSR count). The second kappa shape index (κ2) is 13.5. The van der Waals surface area contributed by atoms with Crippen LogP contribution in [0.25, 0.3) is 0 Å². The summed E-state index contributed by atoms with van der Waals surface area (Å²) < 4.78 is 27.8. The number of carbonyl (C=O) groups is 2. The standard InChI is InChI=1S/C27H37NO7/c1-17(2)34-23-10-8-20(14-25(23)31-6)12-13-28-26(30)15-21-9-11-24(35-18(3)4)27(32-7)22(21)16-33-19(5)29/h8-11,14,17-18H,12-13,15-16H2,1-7H3,(H,28,30). The Morgan fingerprint density at radius 1 is 0.886 bits per heavy atom. The molecule has 0 aliphatic rings. The van der Waals surface area contributed by atoms with Crippen molar-refractivity contribution in [1.82, 2.24) is 5.32 Å². The van der Waals surface area contributed by atoms with Crippen LogP contribution in [0.2, 0.25) is 0 Å². The molecule has 0 bridgehead atoms. The molecule has 2 aromatic carbocycles. The maximum atomic E-state index is 12.7. The quantitative estimate of drug-likeness (QED) is 0.423. The monoisotopic (exact) mass is 487 g/mol. The highest BCUT2D eigenvalue weighted by molar-refractivity contribution is 5.79. The Balaban J connectivity index is 2.08. The molecule has 1 N–H and O–H groups in total. The number of benzene rings is 2. The first-order chi connectivity index (χ1) is 16.6. The second-order valence-electron chi connectivity index (χ2n) is 8.61. The molecule has 0 aliphatic heterocycles. The van der Waals surface area contributed by atoms with Crippen LogP contribution in [-0.4, -0.2) is 44.8 Å². The first-order valence-electron chi connectivity index (χ1n) is 11.7. The van der Waals surface area contributed by atoms with E-state index in [1.807, 2.05) is 45.9 Å². The molecular formula is C27H37NO7. The minimum atomic E-state index is -0.419. The molecule has 0 aromatic heterocycles. The molecule has 2 aromatic rings. The maximum absolute atomic E-state index is 12.7. The molecule has 0 radical (unpaired) electrons. The van der Waals surface area contributed by atoms with Crippen molar-refractivity contribution in [3.63, 3.8) is 0 Å². The van der Waals surface area contributed by atoms with Crippen LogP contribution in [0.4, 0.5) is 0 Å². The predicted octanol–water partition coefficient (Wildman–Crippen LogP) is 4.24. The Morgan fingerprint density at radius 2 is 1.54 bits per heavy atom. The van der Waals surface area contributed by atoms with E-state index >= 15 is 0 Å². The van der Waals surface area contributed by atoms with Gasteiger partial charge in [-0.1, -0.05) is 12.1 Å². The first kappa shape index (κ1) is 27.8. The van der Waals surface area contributed by atoms with Crippen LogP contribution in [0.5, 0.6) is 23.0 Å². The van der Waals surface area contributed by atoms with Gasteiger partial charge in [-0.25, -0.2) is 0 Å². The Hall–Kier alpha value is -3.42. The molecule has 0 heterocycles. The first-order valence-corrected chi connectivity index (χ1v) is 11.7. The number of hydrogen-bond acceptors (Lipinski definition) is 7. The number of hydrogen-bond donors (Lipinski definition) is 1. The van der Waals surface area contributed by atoms with Gasteiger partial charge in [0.2, 0.25) is 5.91 Å². The summed E-state index contributed by atoms with van der Waals surface area (Å²) >= 11 is 0. The lowest BCUT2D eigenvalue weighted by Crippen LogP contribution is -2.27. The minimum absolute atomic E-state index is 0.0129. The van der Waals surface area contributed by atoms with E-state index in [0.29, 0.717) is 47.1 Å². The molecule has 8 nitrogen and oxygen atoms in total. The second-order valence-corrected chi connectivity index (χ2v) is 8.61. The van der Waals surface area contributed by atoms with E-state index < -0.39 is 5.97 Å². The number of amides is 1. The predicted molar refractivity (Wildman–Crippen MR) is 133 cm³/mol. The lowest BCUT2D eigenvalue weighted by molar-refractivity contribution is -0.142. The number of carbonyl (C=O) groups excluding carboxylic acids is 2. The van der Waals surface area contributed by atoms with Crippen molar-refractivity contribution < 1.29 is 33.3 Å². The fourth-order valence-electron chi connectivity index (χ4n) is 3.52. The number of ether oxygens (including phenoxy) is 5. The summed E-state index contributed by atoms with van der Waals surface area (Å²) in [5, 5.41) is 2.95. The molecule has 35 heavy (non-hydrogen) atoms. The van der Waals surface area contributed by atoms with E-state index in [1.54, 1.807) is 19.2 Å². The third kappa shape index (κ3) is 8.70. The lowest BCUT2D eigenvalue weighted by Gasteiger charge is -2.19. The average molecular weight is 488 g/mol. The molecule has 0 atom stereocenters. The third-order valence-corrected chi connectivity index (χ3v) is 4.99. The van der Waals surface area contributed by atoms with Crippen molar-refractivity contribution in [2.45, 2.75) is 66.3 Å². The van der Waals surface area contributed by atoms with Gasteiger partial charge in [0.1, 0.15) is 6.61 Å². The van der Waals surface area contributed by atoms with Gasteiger partial charge in [0.25, 0.3) is 0 Å². The van der Waals surface area contributed by atoms with Crippen molar-refractivity contribution >= 4 is 11.9 Å². The molecule has 0 saturated carbocycles. The number of nitrogens with one attached hydrogen (secondary N) is 1. The number of esters is 1. The van der Waals surface area contributed by atoms with Gasteiger partial charge in [0.15, 0.2) is 23.0 Å². The normalized spacial score (nSPS) is 10.8. The highest BCUT2D eigenvalue weighted by atomic mass is 16.5. The zero-order chi connectivity index (χ0) is 26.0. The molecule has 0 saturated heterocycles. The Labute approximate surface area is 207 Å². The van der Waals surface area contributed by atoms with Gasteiger partial charge in [-0.3, -0.25) is 9.59 Å². The lowest BCUT2D eigenvalue weighted by atomic mass is 10.0. The van der Waals surface area contributed by atoms with Crippen LogP contribution in [0.15, 0.2) is 30.3 Å². The van der Waals surface area contributed by atoms with E-state index in [1.165, 1.54) is 14.0 Å². The highest BCUT2D eigenvalue weighted by Crippen LogP contribution is 2.35. The van der Waals surface area contributed by atoms with Gasteiger partial charge in [0, 0.05) is 19.0 Å². The molecule has 0 spiro atoms. The summed E-state index contributed by atoms with van der Waals surface area (Å²) in [5.41, 5.74) is 2.33. The summed E-state index contributed by atoms with van der Waals surface area (Å²) in [7, 11) is 3.13. The largest absolute Gasteiger partial charge is 0.493 e. The average Bonchev–Trinajstić information content (AvgIpc) is 2.78. The molecule has 0 fully saturated rings. The summed E-state index contributed by atoms with van der Waals surface area (Å²) in [5.74, 6) is 1.77. The van der Waals surface area contributed by atoms with E-state index in [4.69, 9.17) is 23.7 Å². The molecular weight excluding hydrogens is 450 g/mol. The fraction of sp³-hybridized carbons (Fsp3) is 0.481. The van der Waals surface area contributed by atoms with Gasteiger partial charge in [-0.15, -0.1) is 0 Å². The minimum Gasteiger partial charge on any atom is -0.493 e. The SMILES string of the molecule is COc1cc(CCNC(=O)Cc2ccc(OC(C)C)c(OC)c2COC(C)=O)ccc1OC(C)C. The smallest absolute Gasteiger partial charge is 0.302 e. The summed E-state index contributed by atoms with van der Waals surface area (Å²) in [6, 6.07) is 9.33. The van der Waals surface area contributed by atoms with Crippen molar-refractivity contribution in [1.29, 1.82) is 0 Å². The summed E-state index contributed by atoms with van der Waals surface area (Å²) in [4.78, 5) is 24.1. The van der Waals surface area contributed by atoms with Crippen molar-refractivity contribution in [3.05, 3.63) is 47.0 Å². The van der Waals surface area contributed by atoms with E-state index in [9.17, 15) is 9.59 Å². The zero-order valence-corrected chi connectivity index (χ0v) is 21.7. The zero-order valence-electron chi connectivity index (χ0n) is 21.7. The summed E-state index contributed by atoms with van der Waals surface area (Å²) in [6.45, 7) is 9.52. The molecule has 192 valence electrons. The van der Waals surface area contributed by atoms with Crippen molar-refractivity contribution in [2.75, 3.05) is 20.8 Å². The van der Waals surface area contributed by atoms with Gasteiger partial charge in [-0.2, -0.15) is 0 Å². The third-order valence-electron chi connectivity index (χ3n) is 4.99. The number of rotatable bonds is 13. The Kier molecular flexibility index (Phi) is 10.7. The molecule has 0 aliphatic carbocycles. The van der Waals surface area contributed by atoms with E-state index in [2.05, 4.69) is 5.32 Å². The van der Waals surface area contributed by atoms with Gasteiger partial charge >= 0.3 is 5.97 Å². The van der Waals surface area contributed by atoms with Gasteiger partial charge in [-0.05, 0) is 63.4 Å². The van der Waals surface area contributed by atoms with Crippen LogP contribution in [-0.2, 0) is 33.8 Å². The van der Waals surface area contributed by atoms with Crippen molar-refractivity contribution in [3.8, 4) is 23.0 Å². The topological polar surface area (TPSA) is 92.3 Å². The Bertz CT molecular complexity index is 1000.